The van der Waals surface area contributed by atoms with Crippen LogP contribution in [0.3, 0.4) is 0 Å². The monoisotopic (exact) mass is 1060 g/mol. The fraction of sp³-hybridized carbons (Fsp3) is 0.729. The number of carbonyl (C=O) groups excluding carboxylic acids is 3. The molecule has 76 heavy (non-hydrogen) atoms. The van der Waals surface area contributed by atoms with E-state index in [-0.39, 0.29) is 31.6 Å². The second-order valence-corrected chi connectivity index (χ2v) is 21.3. The number of unbranched alkanes of at least 4 members (excludes halogenated alkanes) is 32. The topological polar surface area (TPSA) is 78.9 Å². The zero-order chi connectivity index (χ0) is 55.0. The predicted molar refractivity (Wildman–Crippen MR) is 330 cm³/mol. The molecule has 0 aliphatic rings. The van der Waals surface area contributed by atoms with Crippen LogP contribution < -0.4 is 0 Å². The van der Waals surface area contributed by atoms with Gasteiger partial charge in [-0.05, 0) is 96.3 Å². The van der Waals surface area contributed by atoms with Gasteiger partial charge in [0, 0.05) is 12.8 Å². The maximum atomic E-state index is 12.8. The van der Waals surface area contributed by atoms with Gasteiger partial charge in [0.05, 0.1) is 6.42 Å². The molecule has 0 spiro atoms. The van der Waals surface area contributed by atoms with E-state index < -0.39 is 12.1 Å². The van der Waals surface area contributed by atoms with Gasteiger partial charge in [0.1, 0.15) is 13.2 Å². The summed E-state index contributed by atoms with van der Waals surface area (Å²) in [6.07, 6.45) is 86.2. The number of hydrogen-bond donors (Lipinski definition) is 0. The molecule has 0 aliphatic carbocycles. The molecular weight excluding hydrogens is 937 g/mol. The van der Waals surface area contributed by atoms with E-state index in [1.807, 2.05) is 6.08 Å². The van der Waals surface area contributed by atoms with E-state index in [9.17, 15) is 14.4 Å². The Balaban J connectivity index is 4.12. The molecule has 0 bridgehead atoms. The first kappa shape index (κ1) is 72.3. The van der Waals surface area contributed by atoms with Crippen molar-refractivity contribution in [2.24, 2.45) is 0 Å². The molecule has 1 atom stereocenters. The Morgan fingerprint density at radius 3 is 0.934 bits per heavy atom. The van der Waals surface area contributed by atoms with Crippen LogP contribution in [0, 0.1) is 0 Å². The molecule has 0 radical (unpaired) electrons. The van der Waals surface area contributed by atoms with E-state index in [0.29, 0.717) is 12.8 Å². The van der Waals surface area contributed by atoms with Gasteiger partial charge in [-0.3, -0.25) is 14.4 Å². The van der Waals surface area contributed by atoms with Gasteiger partial charge in [0.25, 0.3) is 0 Å². The van der Waals surface area contributed by atoms with Crippen LogP contribution in [-0.4, -0.2) is 37.2 Å². The summed E-state index contributed by atoms with van der Waals surface area (Å²) in [6, 6.07) is 0. The van der Waals surface area contributed by atoms with Crippen LogP contribution >= 0.6 is 0 Å². The number of esters is 3. The summed E-state index contributed by atoms with van der Waals surface area (Å²) in [4.78, 5) is 38.0. The highest BCUT2D eigenvalue weighted by Crippen LogP contribution is 2.17. The highest BCUT2D eigenvalue weighted by atomic mass is 16.6. The summed E-state index contributed by atoms with van der Waals surface area (Å²) < 4.78 is 16.7. The number of ether oxygens (including phenoxy) is 3. The lowest BCUT2D eigenvalue weighted by Gasteiger charge is -2.18. The Morgan fingerprint density at radius 1 is 0.289 bits per heavy atom. The lowest BCUT2D eigenvalue weighted by molar-refractivity contribution is -0.166. The second-order valence-electron chi connectivity index (χ2n) is 21.3. The van der Waals surface area contributed by atoms with Crippen molar-refractivity contribution >= 4 is 17.9 Å². The molecule has 0 aromatic heterocycles. The molecule has 0 fully saturated rings. The van der Waals surface area contributed by atoms with Crippen molar-refractivity contribution in [3.63, 3.8) is 0 Å². The number of hydrogen-bond acceptors (Lipinski definition) is 6. The smallest absolute Gasteiger partial charge is 0.310 e. The zero-order valence-electron chi connectivity index (χ0n) is 50.0. The standard InChI is InChI=1S/C70H120O6/c1-4-7-10-13-16-19-22-24-26-27-28-29-30-31-32-33-34-35-36-37-38-39-40-41-42-43-45-46-48-51-54-57-60-63-69(72)75-66-67(65-74-68(71)62-59-56-53-50-21-18-15-12-9-6-3)76-70(73)64-61-58-55-52-49-47-44-25-23-20-17-14-11-8-5-2/h8,11-12,15,17,20,22,24-25,27-28,44,49,52,58,61,67H,4-7,9-10,13-14,16,18-19,21,23,26,29-43,45-48,50-51,53-57,59-60,62-66H2,1-3H3/b11-8-,15-12-,20-17-,24-22-,28-27-,44-25-,52-49-,61-58-. The first-order valence-electron chi connectivity index (χ1n) is 32.2. The molecule has 0 aliphatic heterocycles. The quantitative estimate of drug-likeness (QED) is 0.0261. The van der Waals surface area contributed by atoms with Crippen LogP contribution in [0.25, 0.3) is 0 Å². The third-order valence-electron chi connectivity index (χ3n) is 13.8. The van der Waals surface area contributed by atoms with Gasteiger partial charge in [-0.1, -0.05) is 291 Å². The van der Waals surface area contributed by atoms with Gasteiger partial charge in [-0.2, -0.15) is 0 Å². The highest BCUT2D eigenvalue weighted by molar-refractivity contribution is 5.72. The maximum absolute atomic E-state index is 12.8. The molecule has 0 heterocycles. The van der Waals surface area contributed by atoms with Crippen molar-refractivity contribution in [1.29, 1.82) is 0 Å². The third kappa shape index (κ3) is 61.2. The Hall–Kier alpha value is -3.67. The Bertz CT molecular complexity index is 1490. The van der Waals surface area contributed by atoms with Crippen LogP contribution in [0.2, 0.25) is 0 Å². The van der Waals surface area contributed by atoms with Crippen LogP contribution in [-0.2, 0) is 28.6 Å². The minimum atomic E-state index is -0.834. The minimum Gasteiger partial charge on any atom is -0.462 e. The number of rotatable bonds is 58. The SMILES string of the molecule is CC/C=C\C/C=C\C/C=C\C/C=C\C/C=C\CC(=O)OC(COC(=O)CCCCCCC/C=C\CCC)COC(=O)CCCCCCCCCCCCCCCCCCCCCCC/C=C\C/C=C\CCCCCCC. The van der Waals surface area contributed by atoms with E-state index in [1.54, 1.807) is 6.08 Å². The second kappa shape index (κ2) is 63.9. The molecule has 0 saturated carbocycles. The number of carbonyl (C=O) groups is 3. The van der Waals surface area contributed by atoms with Crippen molar-refractivity contribution in [2.75, 3.05) is 13.2 Å². The summed E-state index contributed by atoms with van der Waals surface area (Å²) in [6.45, 7) is 6.38. The molecule has 0 amide bonds. The lowest BCUT2D eigenvalue weighted by atomic mass is 10.0. The molecule has 1 unspecified atom stereocenters. The average Bonchev–Trinajstić information content (AvgIpc) is 3.42. The van der Waals surface area contributed by atoms with Gasteiger partial charge >= 0.3 is 17.9 Å². The van der Waals surface area contributed by atoms with Crippen LogP contribution in [0.5, 0.6) is 0 Å². The molecule has 0 saturated heterocycles. The molecule has 436 valence electrons. The molecule has 6 heteroatoms. The molecular formula is C70H120O6. The van der Waals surface area contributed by atoms with E-state index in [4.69, 9.17) is 14.2 Å². The Morgan fingerprint density at radius 2 is 0.579 bits per heavy atom. The van der Waals surface area contributed by atoms with Gasteiger partial charge < -0.3 is 14.2 Å². The van der Waals surface area contributed by atoms with Crippen LogP contribution in [0.15, 0.2) is 97.2 Å². The van der Waals surface area contributed by atoms with Crippen molar-refractivity contribution in [1.82, 2.24) is 0 Å². The average molecular weight is 1060 g/mol. The summed E-state index contributed by atoms with van der Waals surface area (Å²) in [5.41, 5.74) is 0. The lowest BCUT2D eigenvalue weighted by Crippen LogP contribution is -2.30. The van der Waals surface area contributed by atoms with Crippen LogP contribution in [0.4, 0.5) is 0 Å². The van der Waals surface area contributed by atoms with E-state index >= 15 is 0 Å². The van der Waals surface area contributed by atoms with Crippen LogP contribution in [0.1, 0.15) is 310 Å². The Labute approximate surface area is 470 Å². The fourth-order valence-corrected chi connectivity index (χ4v) is 9.02. The van der Waals surface area contributed by atoms with Crippen molar-refractivity contribution in [3.8, 4) is 0 Å². The summed E-state index contributed by atoms with van der Waals surface area (Å²) in [7, 11) is 0. The summed E-state index contributed by atoms with van der Waals surface area (Å²) in [5, 5.41) is 0. The largest absolute Gasteiger partial charge is 0.462 e. The van der Waals surface area contributed by atoms with Gasteiger partial charge in [0.15, 0.2) is 6.10 Å². The molecule has 6 nitrogen and oxygen atoms in total. The molecule has 0 rings (SSSR count). The normalized spacial score (nSPS) is 12.7. The first-order chi connectivity index (χ1) is 37.5. The summed E-state index contributed by atoms with van der Waals surface area (Å²) >= 11 is 0. The van der Waals surface area contributed by atoms with E-state index in [0.717, 1.165) is 96.3 Å². The van der Waals surface area contributed by atoms with Crippen molar-refractivity contribution in [3.05, 3.63) is 97.2 Å². The molecule has 0 N–H and O–H groups in total. The van der Waals surface area contributed by atoms with Crippen molar-refractivity contribution < 1.29 is 28.6 Å². The zero-order valence-corrected chi connectivity index (χ0v) is 50.0. The van der Waals surface area contributed by atoms with Crippen molar-refractivity contribution in [2.45, 2.75) is 316 Å². The Kier molecular flexibility index (Phi) is 60.8. The number of allylic oxidation sites excluding steroid dienone is 15. The van der Waals surface area contributed by atoms with Gasteiger partial charge in [0.2, 0.25) is 0 Å². The van der Waals surface area contributed by atoms with Gasteiger partial charge in [-0.15, -0.1) is 0 Å². The van der Waals surface area contributed by atoms with E-state index in [2.05, 4.69) is 106 Å². The molecule has 0 aromatic carbocycles. The maximum Gasteiger partial charge on any atom is 0.310 e. The first-order valence-corrected chi connectivity index (χ1v) is 32.2. The minimum absolute atomic E-state index is 0.0954. The fourth-order valence-electron chi connectivity index (χ4n) is 9.02. The predicted octanol–water partition coefficient (Wildman–Crippen LogP) is 22.0. The third-order valence-corrected chi connectivity index (χ3v) is 13.8. The van der Waals surface area contributed by atoms with Gasteiger partial charge in [-0.25, -0.2) is 0 Å². The van der Waals surface area contributed by atoms with E-state index in [1.165, 1.54) is 173 Å². The summed E-state index contributed by atoms with van der Waals surface area (Å²) in [5.74, 6) is -1.05. The molecule has 0 aromatic rings. The highest BCUT2D eigenvalue weighted by Gasteiger charge is 2.19.